The van der Waals surface area contributed by atoms with Crippen molar-refractivity contribution in [2.45, 2.75) is 36.6 Å². The van der Waals surface area contributed by atoms with Crippen molar-refractivity contribution in [3.8, 4) is 0 Å². The first-order valence-corrected chi connectivity index (χ1v) is 11.1. The molecule has 1 atom stereocenters. The Morgan fingerprint density at radius 3 is 2.67 bits per heavy atom. The Morgan fingerprint density at radius 1 is 1.07 bits per heavy atom. The van der Waals surface area contributed by atoms with E-state index in [-0.39, 0.29) is 11.8 Å². The number of hydrogen-bond acceptors (Lipinski definition) is 5. The third-order valence-electron chi connectivity index (χ3n) is 5.26. The number of piperidine rings is 1. The van der Waals surface area contributed by atoms with Gasteiger partial charge in [-0.3, -0.25) is 4.79 Å². The van der Waals surface area contributed by atoms with E-state index in [1.807, 2.05) is 31.2 Å². The second kappa shape index (κ2) is 9.30. The van der Waals surface area contributed by atoms with Crippen molar-refractivity contribution in [1.82, 2.24) is 9.97 Å². The van der Waals surface area contributed by atoms with Crippen LogP contribution in [-0.2, 0) is 4.79 Å². The smallest absolute Gasteiger partial charge is 0.229 e. The minimum absolute atomic E-state index is 0.0708. The van der Waals surface area contributed by atoms with E-state index in [9.17, 15) is 4.79 Å². The average molecular weight is 419 g/mol. The summed E-state index contributed by atoms with van der Waals surface area (Å²) in [5.74, 6) is 0.858. The Labute approximate surface area is 181 Å². The fourth-order valence-electron chi connectivity index (χ4n) is 3.68. The number of amides is 1. The Kier molecular flexibility index (Phi) is 6.33. The van der Waals surface area contributed by atoms with E-state index >= 15 is 0 Å². The van der Waals surface area contributed by atoms with Crippen LogP contribution in [0.4, 0.5) is 11.5 Å². The molecular weight excluding hydrogens is 392 g/mol. The van der Waals surface area contributed by atoms with Gasteiger partial charge in [0.2, 0.25) is 5.91 Å². The van der Waals surface area contributed by atoms with Gasteiger partial charge in [-0.15, -0.1) is 0 Å². The van der Waals surface area contributed by atoms with Crippen LogP contribution in [0.5, 0.6) is 0 Å². The number of nitrogens with zero attached hydrogens (tertiary/aromatic N) is 3. The van der Waals surface area contributed by atoms with Crippen molar-refractivity contribution in [3.05, 3.63) is 72.1 Å². The van der Waals surface area contributed by atoms with E-state index in [1.165, 1.54) is 5.56 Å². The zero-order valence-electron chi connectivity index (χ0n) is 17.3. The summed E-state index contributed by atoms with van der Waals surface area (Å²) in [4.78, 5) is 25.4. The molecule has 0 saturated carbocycles. The van der Waals surface area contributed by atoms with E-state index in [0.717, 1.165) is 46.4 Å². The first-order valence-electron chi connectivity index (χ1n) is 10.3. The molecule has 1 fully saturated rings. The highest BCUT2D eigenvalue weighted by molar-refractivity contribution is 7.99. The van der Waals surface area contributed by atoms with Gasteiger partial charge in [0, 0.05) is 36.1 Å². The lowest BCUT2D eigenvalue weighted by Crippen LogP contribution is -2.41. The maximum absolute atomic E-state index is 12.9. The van der Waals surface area contributed by atoms with Crippen LogP contribution in [0.25, 0.3) is 0 Å². The van der Waals surface area contributed by atoms with Gasteiger partial charge >= 0.3 is 0 Å². The zero-order valence-corrected chi connectivity index (χ0v) is 18.2. The van der Waals surface area contributed by atoms with Crippen LogP contribution in [0, 0.1) is 19.8 Å². The highest BCUT2D eigenvalue weighted by Crippen LogP contribution is 2.34. The van der Waals surface area contributed by atoms with E-state index in [1.54, 1.807) is 24.2 Å². The first-order chi connectivity index (χ1) is 14.6. The van der Waals surface area contributed by atoms with Crippen LogP contribution in [0.3, 0.4) is 0 Å². The fourth-order valence-corrected chi connectivity index (χ4v) is 4.56. The second-order valence-corrected chi connectivity index (χ2v) is 8.81. The number of rotatable bonds is 5. The Hall–Kier alpha value is -2.86. The van der Waals surface area contributed by atoms with Crippen LogP contribution in [0.1, 0.15) is 24.0 Å². The van der Waals surface area contributed by atoms with Crippen molar-refractivity contribution < 1.29 is 4.79 Å². The van der Waals surface area contributed by atoms with Gasteiger partial charge in [-0.2, -0.15) is 0 Å². The number of carbonyl (C=O) groups excluding carboxylic acids is 1. The molecule has 3 aromatic rings. The quantitative estimate of drug-likeness (QED) is 0.625. The molecule has 1 saturated heterocycles. The molecule has 0 aliphatic carbocycles. The molecule has 154 valence electrons. The van der Waals surface area contributed by atoms with Crippen LogP contribution >= 0.6 is 11.8 Å². The van der Waals surface area contributed by atoms with Crippen molar-refractivity contribution in [3.63, 3.8) is 0 Å². The number of anilines is 2. The summed E-state index contributed by atoms with van der Waals surface area (Å²) in [6.07, 6.45) is 5.29. The molecule has 1 aliphatic heterocycles. The lowest BCUT2D eigenvalue weighted by molar-refractivity contribution is -0.120. The summed E-state index contributed by atoms with van der Waals surface area (Å²) < 4.78 is 0. The molecule has 2 aromatic carbocycles. The lowest BCUT2D eigenvalue weighted by atomic mass is 9.97. The van der Waals surface area contributed by atoms with Gasteiger partial charge in [-0.1, -0.05) is 41.6 Å². The summed E-state index contributed by atoms with van der Waals surface area (Å²) in [7, 11) is 0. The molecule has 30 heavy (non-hydrogen) atoms. The van der Waals surface area contributed by atoms with Gasteiger partial charge in [0.1, 0.15) is 5.03 Å². The minimum Gasteiger partial charge on any atom is -0.354 e. The van der Waals surface area contributed by atoms with Crippen molar-refractivity contribution in [1.29, 1.82) is 0 Å². The molecule has 2 heterocycles. The SMILES string of the molecule is Cc1ccc(Sc2nccnc2N2CCC[C@H](C(=O)Nc3cccc(C)c3)C2)cc1. The highest BCUT2D eigenvalue weighted by Gasteiger charge is 2.28. The minimum atomic E-state index is -0.0708. The molecule has 1 aromatic heterocycles. The molecule has 6 heteroatoms. The predicted octanol–water partition coefficient (Wildman–Crippen LogP) is 5.10. The van der Waals surface area contributed by atoms with Gasteiger partial charge in [0.15, 0.2) is 5.82 Å². The molecule has 1 aliphatic rings. The number of aryl methyl sites for hydroxylation is 2. The summed E-state index contributed by atoms with van der Waals surface area (Å²) in [6, 6.07) is 16.3. The molecule has 1 N–H and O–H groups in total. The number of benzene rings is 2. The van der Waals surface area contributed by atoms with Gasteiger partial charge in [-0.25, -0.2) is 9.97 Å². The number of carbonyl (C=O) groups is 1. The average Bonchev–Trinajstić information content (AvgIpc) is 2.76. The van der Waals surface area contributed by atoms with E-state index in [0.29, 0.717) is 6.54 Å². The zero-order chi connectivity index (χ0) is 20.9. The van der Waals surface area contributed by atoms with Crippen LogP contribution in [0.15, 0.2) is 70.8 Å². The third kappa shape index (κ3) is 5.00. The fraction of sp³-hybridized carbons (Fsp3) is 0.292. The second-order valence-electron chi connectivity index (χ2n) is 7.74. The normalized spacial score (nSPS) is 16.3. The molecule has 0 bridgehead atoms. The largest absolute Gasteiger partial charge is 0.354 e. The molecule has 0 radical (unpaired) electrons. The van der Waals surface area contributed by atoms with Gasteiger partial charge < -0.3 is 10.2 Å². The predicted molar refractivity (Wildman–Crippen MR) is 122 cm³/mol. The molecule has 0 spiro atoms. The van der Waals surface area contributed by atoms with Gasteiger partial charge in [0.05, 0.1) is 5.92 Å². The summed E-state index contributed by atoms with van der Waals surface area (Å²) in [5.41, 5.74) is 3.22. The Morgan fingerprint density at radius 2 is 1.87 bits per heavy atom. The Bertz CT molecular complexity index is 1020. The summed E-state index contributed by atoms with van der Waals surface area (Å²) in [5, 5.41) is 3.95. The van der Waals surface area contributed by atoms with Gasteiger partial charge in [-0.05, 0) is 56.5 Å². The monoisotopic (exact) mass is 418 g/mol. The molecule has 0 unspecified atom stereocenters. The van der Waals surface area contributed by atoms with Crippen LogP contribution < -0.4 is 10.2 Å². The summed E-state index contributed by atoms with van der Waals surface area (Å²) in [6.45, 7) is 5.64. The number of nitrogens with one attached hydrogen (secondary N) is 1. The van der Waals surface area contributed by atoms with E-state index in [4.69, 9.17) is 0 Å². The van der Waals surface area contributed by atoms with Crippen LogP contribution in [0.2, 0.25) is 0 Å². The topological polar surface area (TPSA) is 58.1 Å². The number of aromatic nitrogens is 2. The maximum Gasteiger partial charge on any atom is 0.229 e. The van der Waals surface area contributed by atoms with Gasteiger partial charge in [0.25, 0.3) is 0 Å². The highest BCUT2D eigenvalue weighted by atomic mass is 32.2. The third-order valence-corrected chi connectivity index (χ3v) is 6.25. The van der Waals surface area contributed by atoms with E-state index < -0.39 is 0 Å². The maximum atomic E-state index is 12.9. The van der Waals surface area contributed by atoms with E-state index in [2.05, 4.69) is 51.4 Å². The van der Waals surface area contributed by atoms with Crippen molar-refractivity contribution in [2.24, 2.45) is 5.92 Å². The Balaban J connectivity index is 1.48. The molecule has 5 nitrogen and oxygen atoms in total. The summed E-state index contributed by atoms with van der Waals surface area (Å²) >= 11 is 1.61. The van der Waals surface area contributed by atoms with Crippen molar-refractivity contribution in [2.75, 3.05) is 23.3 Å². The standard InChI is InChI=1S/C24H26N4OS/c1-17-8-10-21(11-9-17)30-24-22(25-12-13-26-24)28-14-4-6-19(16-28)23(29)27-20-7-3-5-18(2)15-20/h3,5,7-13,15,19H,4,6,14,16H2,1-2H3,(H,27,29)/t19-/m0/s1. The lowest BCUT2D eigenvalue weighted by Gasteiger charge is -2.33. The first kappa shape index (κ1) is 20.4. The van der Waals surface area contributed by atoms with Crippen LogP contribution in [-0.4, -0.2) is 29.0 Å². The number of hydrogen-bond donors (Lipinski definition) is 1. The molecule has 1 amide bonds. The molecular formula is C24H26N4OS. The molecule has 4 rings (SSSR count). The van der Waals surface area contributed by atoms with Crippen molar-refractivity contribution >= 4 is 29.2 Å².